The molecule has 0 saturated heterocycles. The van der Waals surface area contributed by atoms with E-state index in [1.54, 1.807) is 0 Å². The summed E-state index contributed by atoms with van der Waals surface area (Å²) >= 11 is 4.20. The molecule has 0 aliphatic carbocycles. The standard InChI is InChI=1S/C19H31NOS/c1-13(2)11-17-7-6-8-18(12-17)14(3)9-10-15(4)19(21)20-16(5)22/h6-8,12-16,22H,9-11H2,1-5H3,(H,20,21). The van der Waals surface area contributed by atoms with Gasteiger partial charge < -0.3 is 5.32 Å². The van der Waals surface area contributed by atoms with Gasteiger partial charge in [0, 0.05) is 5.92 Å². The highest BCUT2D eigenvalue weighted by Gasteiger charge is 2.16. The van der Waals surface area contributed by atoms with Crippen LogP contribution in [0.25, 0.3) is 0 Å². The van der Waals surface area contributed by atoms with Crippen molar-refractivity contribution in [1.82, 2.24) is 5.32 Å². The maximum atomic E-state index is 11.9. The van der Waals surface area contributed by atoms with E-state index in [1.165, 1.54) is 11.1 Å². The number of benzene rings is 1. The number of hydrogen-bond donors (Lipinski definition) is 2. The number of thiol groups is 1. The molecule has 0 fully saturated rings. The third kappa shape index (κ3) is 6.87. The van der Waals surface area contributed by atoms with E-state index in [0.717, 1.165) is 19.3 Å². The van der Waals surface area contributed by atoms with E-state index >= 15 is 0 Å². The molecule has 1 aromatic carbocycles. The first-order valence-corrected chi connectivity index (χ1v) is 8.88. The summed E-state index contributed by atoms with van der Waals surface area (Å²) < 4.78 is 0. The largest absolute Gasteiger partial charge is 0.345 e. The summed E-state index contributed by atoms with van der Waals surface area (Å²) in [5.41, 5.74) is 2.79. The molecule has 0 heterocycles. The van der Waals surface area contributed by atoms with Gasteiger partial charge in [-0.2, -0.15) is 12.6 Å². The first kappa shape index (κ1) is 19.1. The first-order chi connectivity index (χ1) is 10.3. The highest BCUT2D eigenvalue weighted by atomic mass is 32.1. The molecular formula is C19H31NOS. The Balaban J connectivity index is 2.54. The summed E-state index contributed by atoms with van der Waals surface area (Å²) in [7, 11) is 0. The zero-order valence-electron chi connectivity index (χ0n) is 14.6. The predicted molar refractivity (Wildman–Crippen MR) is 98.4 cm³/mol. The van der Waals surface area contributed by atoms with Crippen LogP contribution >= 0.6 is 12.6 Å². The molecule has 0 radical (unpaired) electrons. The molecule has 1 amide bonds. The number of rotatable bonds is 8. The second-order valence-electron chi connectivity index (χ2n) is 6.91. The van der Waals surface area contributed by atoms with Crippen LogP contribution in [-0.2, 0) is 11.2 Å². The Morgan fingerprint density at radius 1 is 1.14 bits per heavy atom. The van der Waals surface area contributed by atoms with Crippen LogP contribution in [-0.4, -0.2) is 11.3 Å². The molecule has 1 aromatic rings. The summed E-state index contributed by atoms with van der Waals surface area (Å²) in [6.07, 6.45) is 3.06. The van der Waals surface area contributed by atoms with Crippen molar-refractivity contribution in [3.8, 4) is 0 Å². The molecule has 0 bridgehead atoms. The monoisotopic (exact) mass is 321 g/mol. The van der Waals surface area contributed by atoms with E-state index in [1.807, 2.05) is 13.8 Å². The maximum absolute atomic E-state index is 11.9. The lowest BCUT2D eigenvalue weighted by Gasteiger charge is -2.18. The molecule has 0 aliphatic heterocycles. The summed E-state index contributed by atoms with van der Waals surface area (Å²) in [6.45, 7) is 10.6. The number of carbonyl (C=O) groups excluding carboxylic acids is 1. The fourth-order valence-corrected chi connectivity index (χ4v) is 2.77. The van der Waals surface area contributed by atoms with Gasteiger partial charge in [-0.15, -0.1) is 0 Å². The van der Waals surface area contributed by atoms with Gasteiger partial charge in [-0.05, 0) is 49.1 Å². The van der Waals surface area contributed by atoms with Crippen LogP contribution in [0, 0.1) is 11.8 Å². The highest BCUT2D eigenvalue weighted by Crippen LogP contribution is 2.24. The van der Waals surface area contributed by atoms with Gasteiger partial charge in [-0.25, -0.2) is 0 Å². The average molecular weight is 322 g/mol. The van der Waals surface area contributed by atoms with Crippen molar-refractivity contribution >= 4 is 18.5 Å². The van der Waals surface area contributed by atoms with Gasteiger partial charge in [-0.1, -0.05) is 52.0 Å². The molecule has 0 aliphatic rings. The summed E-state index contributed by atoms with van der Waals surface area (Å²) in [5.74, 6) is 1.30. The Bertz CT molecular complexity index is 470. The van der Waals surface area contributed by atoms with Crippen molar-refractivity contribution in [2.45, 2.75) is 65.2 Å². The van der Waals surface area contributed by atoms with Crippen molar-refractivity contribution in [2.24, 2.45) is 11.8 Å². The molecule has 3 unspecified atom stereocenters. The number of amides is 1. The summed E-state index contributed by atoms with van der Waals surface area (Å²) in [6, 6.07) is 8.89. The van der Waals surface area contributed by atoms with E-state index in [0.29, 0.717) is 11.8 Å². The molecule has 1 rings (SSSR count). The van der Waals surface area contributed by atoms with Crippen LogP contribution in [0.15, 0.2) is 24.3 Å². The third-order valence-electron chi connectivity index (χ3n) is 4.00. The maximum Gasteiger partial charge on any atom is 0.223 e. The van der Waals surface area contributed by atoms with Gasteiger partial charge in [0.2, 0.25) is 5.91 Å². The second-order valence-corrected chi connectivity index (χ2v) is 7.68. The Hall–Kier alpha value is -0.960. The van der Waals surface area contributed by atoms with Crippen LogP contribution < -0.4 is 5.32 Å². The lowest BCUT2D eigenvalue weighted by molar-refractivity contribution is -0.124. The second kappa shape index (κ2) is 9.24. The molecule has 1 N–H and O–H groups in total. The van der Waals surface area contributed by atoms with Gasteiger partial charge in [0.15, 0.2) is 0 Å². The van der Waals surface area contributed by atoms with Crippen molar-refractivity contribution in [3.63, 3.8) is 0 Å². The van der Waals surface area contributed by atoms with Gasteiger partial charge >= 0.3 is 0 Å². The molecule has 22 heavy (non-hydrogen) atoms. The molecule has 3 heteroatoms. The average Bonchev–Trinajstić information content (AvgIpc) is 2.43. The van der Waals surface area contributed by atoms with E-state index in [2.05, 4.69) is 63.0 Å². The van der Waals surface area contributed by atoms with Gasteiger partial charge in [-0.3, -0.25) is 4.79 Å². The predicted octanol–water partition coefficient (Wildman–Crippen LogP) is 4.80. The minimum Gasteiger partial charge on any atom is -0.345 e. The fraction of sp³-hybridized carbons (Fsp3) is 0.632. The lowest BCUT2D eigenvalue weighted by atomic mass is 9.90. The van der Waals surface area contributed by atoms with Gasteiger partial charge in [0.1, 0.15) is 0 Å². The Kier molecular flexibility index (Phi) is 8.02. The van der Waals surface area contributed by atoms with Gasteiger partial charge in [0.05, 0.1) is 5.37 Å². The molecular weight excluding hydrogens is 290 g/mol. The van der Waals surface area contributed by atoms with E-state index < -0.39 is 0 Å². The van der Waals surface area contributed by atoms with E-state index in [4.69, 9.17) is 0 Å². The van der Waals surface area contributed by atoms with Gasteiger partial charge in [0.25, 0.3) is 0 Å². The zero-order valence-corrected chi connectivity index (χ0v) is 15.5. The van der Waals surface area contributed by atoms with Crippen molar-refractivity contribution in [1.29, 1.82) is 0 Å². The smallest absolute Gasteiger partial charge is 0.223 e. The SMILES string of the molecule is CC(C)Cc1cccc(C(C)CCC(C)C(=O)NC(C)S)c1. The first-order valence-electron chi connectivity index (χ1n) is 8.36. The zero-order chi connectivity index (χ0) is 16.7. The van der Waals surface area contributed by atoms with Crippen molar-refractivity contribution < 1.29 is 4.79 Å². The highest BCUT2D eigenvalue weighted by molar-refractivity contribution is 7.80. The van der Waals surface area contributed by atoms with Crippen molar-refractivity contribution in [3.05, 3.63) is 35.4 Å². The topological polar surface area (TPSA) is 29.1 Å². The van der Waals surface area contributed by atoms with Crippen LogP contribution in [0.3, 0.4) is 0 Å². The normalized spacial score (nSPS) is 15.4. The third-order valence-corrected chi connectivity index (χ3v) is 4.12. The van der Waals surface area contributed by atoms with E-state index in [9.17, 15) is 4.79 Å². The molecule has 0 spiro atoms. The molecule has 2 nitrogen and oxygen atoms in total. The summed E-state index contributed by atoms with van der Waals surface area (Å²) in [4.78, 5) is 11.9. The van der Waals surface area contributed by atoms with Crippen LogP contribution in [0.1, 0.15) is 64.5 Å². The van der Waals surface area contributed by atoms with Crippen LogP contribution in [0.2, 0.25) is 0 Å². The van der Waals surface area contributed by atoms with Crippen LogP contribution in [0.5, 0.6) is 0 Å². The Labute approximate surface area is 141 Å². The number of carbonyl (C=O) groups is 1. The lowest BCUT2D eigenvalue weighted by Crippen LogP contribution is -2.33. The fourth-order valence-electron chi connectivity index (χ4n) is 2.64. The Morgan fingerprint density at radius 2 is 1.82 bits per heavy atom. The molecule has 3 atom stereocenters. The number of nitrogens with one attached hydrogen (secondary N) is 1. The van der Waals surface area contributed by atoms with Crippen LogP contribution in [0.4, 0.5) is 0 Å². The quantitative estimate of drug-likeness (QED) is 0.523. The molecule has 0 saturated carbocycles. The minimum absolute atomic E-state index is 0.0379. The number of hydrogen-bond acceptors (Lipinski definition) is 2. The minimum atomic E-state index is -0.0833. The van der Waals surface area contributed by atoms with Crippen molar-refractivity contribution in [2.75, 3.05) is 0 Å². The molecule has 124 valence electrons. The summed E-state index contributed by atoms with van der Waals surface area (Å²) in [5, 5.41) is 2.78. The van der Waals surface area contributed by atoms with E-state index in [-0.39, 0.29) is 17.2 Å². The molecule has 0 aromatic heterocycles. The Morgan fingerprint density at radius 3 is 2.41 bits per heavy atom.